The molecule has 1 aromatic heterocycles. The SMILES string of the molecule is CC(C)(C)OC(=O)C(C)(C)n1ccc(N)n1. The smallest absolute Gasteiger partial charge is 0.334 e. The molecule has 0 saturated heterocycles. The van der Waals surface area contributed by atoms with Crippen LogP contribution >= 0.6 is 0 Å². The first-order chi connectivity index (χ1) is 7.13. The first kappa shape index (κ1) is 12.5. The van der Waals surface area contributed by atoms with Crippen LogP contribution in [-0.2, 0) is 15.1 Å². The number of anilines is 1. The lowest BCUT2D eigenvalue weighted by molar-refractivity contribution is -0.164. The molecule has 2 N–H and O–H groups in total. The van der Waals surface area contributed by atoms with Crippen LogP contribution in [0.4, 0.5) is 5.82 Å². The zero-order chi connectivity index (χ0) is 12.6. The molecule has 0 unspecified atom stereocenters. The molecule has 0 spiro atoms. The number of hydrogen-bond donors (Lipinski definition) is 1. The third-order valence-corrected chi connectivity index (χ3v) is 2.08. The van der Waals surface area contributed by atoms with E-state index in [1.165, 1.54) is 4.68 Å². The number of esters is 1. The fourth-order valence-electron chi connectivity index (χ4n) is 1.15. The van der Waals surface area contributed by atoms with Gasteiger partial charge in [-0.15, -0.1) is 0 Å². The van der Waals surface area contributed by atoms with Gasteiger partial charge in [0.15, 0.2) is 5.54 Å². The van der Waals surface area contributed by atoms with Crippen molar-refractivity contribution in [2.24, 2.45) is 0 Å². The monoisotopic (exact) mass is 225 g/mol. The second-order valence-electron chi connectivity index (χ2n) is 5.25. The number of hydrogen-bond acceptors (Lipinski definition) is 4. The van der Waals surface area contributed by atoms with E-state index in [2.05, 4.69) is 5.10 Å². The lowest BCUT2D eigenvalue weighted by Crippen LogP contribution is -2.41. The summed E-state index contributed by atoms with van der Waals surface area (Å²) in [6.07, 6.45) is 1.67. The molecule has 5 heteroatoms. The molecule has 1 aromatic rings. The number of carbonyl (C=O) groups is 1. The molecule has 0 saturated carbocycles. The number of nitrogens with zero attached hydrogens (tertiary/aromatic N) is 2. The third-order valence-electron chi connectivity index (χ3n) is 2.08. The van der Waals surface area contributed by atoms with E-state index >= 15 is 0 Å². The number of nitrogen functional groups attached to an aromatic ring is 1. The molecule has 0 aliphatic rings. The third kappa shape index (κ3) is 2.74. The van der Waals surface area contributed by atoms with Gasteiger partial charge in [0.25, 0.3) is 0 Å². The van der Waals surface area contributed by atoms with Gasteiger partial charge in [0.1, 0.15) is 11.4 Å². The summed E-state index contributed by atoms with van der Waals surface area (Å²) in [7, 11) is 0. The predicted octanol–water partition coefficient (Wildman–Crippen LogP) is 1.54. The van der Waals surface area contributed by atoms with Crippen molar-refractivity contribution >= 4 is 11.8 Å². The summed E-state index contributed by atoms with van der Waals surface area (Å²) in [5, 5.41) is 4.03. The van der Waals surface area contributed by atoms with E-state index in [0.717, 1.165) is 0 Å². The van der Waals surface area contributed by atoms with Gasteiger partial charge in [-0.05, 0) is 40.7 Å². The van der Waals surface area contributed by atoms with E-state index in [4.69, 9.17) is 10.5 Å². The lowest BCUT2D eigenvalue weighted by atomic mass is 10.1. The molecule has 0 aromatic carbocycles. The van der Waals surface area contributed by atoms with Crippen molar-refractivity contribution < 1.29 is 9.53 Å². The molecule has 0 fully saturated rings. The van der Waals surface area contributed by atoms with E-state index in [-0.39, 0.29) is 5.97 Å². The molecule has 0 aliphatic carbocycles. The van der Waals surface area contributed by atoms with Crippen LogP contribution in [0.25, 0.3) is 0 Å². The molecule has 0 aliphatic heterocycles. The average molecular weight is 225 g/mol. The molecular formula is C11H19N3O2. The van der Waals surface area contributed by atoms with Gasteiger partial charge < -0.3 is 10.5 Å². The number of carbonyl (C=O) groups excluding carboxylic acids is 1. The van der Waals surface area contributed by atoms with Gasteiger partial charge in [-0.2, -0.15) is 5.10 Å². The van der Waals surface area contributed by atoms with Crippen LogP contribution in [0.1, 0.15) is 34.6 Å². The number of aromatic nitrogens is 2. The van der Waals surface area contributed by atoms with Crippen molar-refractivity contribution in [1.29, 1.82) is 0 Å². The maximum Gasteiger partial charge on any atom is 0.334 e. The second-order valence-corrected chi connectivity index (χ2v) is 5.25. The van der Waals surface area contributed by atoms with Crippen LogP contribution in [-0.4, -0.2) is 21.4 Å². The van der Waals surface area contributed by atoms with Crippen molar-refractivity contribution in [2.75, 3.05) is 5.73 Å². The van der Waals surface area contributed by atoms with Crippen molar-refractivity contribution in [1.82, 2.24) is 9.78 Å². The minimum atomic E-state index is -0.856. The fourth-order valence-corrected chi connectivity index (χ4v) is 1.15. The Morgan fingerprint density at radius 3 is 2.31 bits per heavy atom. The molecule has 1 heterocycles. The van der Waals surface area contributed by atoms with Crippen LogP contribution in [0.3, 0.4) is 0 Å². The Morgan fingerprint density at radius 1 is 1.38 bits per heavy atom. The minimum absolute atomic E-state index is 0.330. The standard InChI is InChI=1S/C11H19N3O2/c1-10(2,3)16-9(15)11(4,5)14-7-6-8(12)13-14/h6-7H,1-5H3,(H2,12,13). The summed E-state index contributed by atoms with van der Waals surface area (Å²) in [6, 6.07) is 1.64. The summed E-state index contributed by atoms with van der Waals surface area (Å²) >= 11 is 0. The molecule has 16 heavy (non-hydrogen) atoms. The van der Waals surface area contributed by atoms with Gasteiger partial charge in [0.2, 0.25) is 0 Å². The van der Waals surface area contributed by atoms with E-state index in [9.17, 15) is 4.79 Å². The highest BCUT2D eigenvalue weighted by atomic mass is 16.6. The van der Waals surface area contributed by atoms with Crippen LogP contribution < -0.4 is 5.73 Å². The number of rotatable bonds is 2. The van der Waals surface area contributed by atoms with E-state index in [1.54, 1.807) is 26.1 Å². The zero-order valence-corrected chi connectivity index (χ0v) is 10.4. The van der Waals surface area contributed by atoms with Crippen LogP contribution in [0.5, 0.6) is 0 Å². The maximum atomic E-state index is 12.0. The second kappa shape index (κ2) is 3.81. The largest absolute Gasteiger partial charge is 0.458 e. The number of nitrogens with two attached hydrogens (primary N) is 1. The van der Waals surface area contributed by atoms with Crippen molar-refractivity contribution in [3.8, 4) is 0 Å². The molecule has 0 radical (unpaired) electrons. The Balaban J connectivity index is 2.90. The van der Waals surface area contributed by atoms with Crippen molar-refractivity contribution in [3.05, 3.63) is 12.3 Å². The highest BCUT2D eigenvalue weighted by Crippen LogP contribution is 2.20. The average Bonchev–Trinajstić information content (AvgIpc) is 2.48. The highest BCUT2D eigenvalue weighted by Gasteiger charge is 2.35. The van der Waals surface area contributed by atoms with Crippen molar-refractivity contribution in [2.45, 2.75) is 45.8 Å². The Bertz CT molecular complexity index is 388. The van der Waals surface area contributed by atoms with Gasteiger partial charge in [0.05, 0.1) is 0 Å². The molecule has 1 rings (SSSR count). The van der Waals surface area contributed by atoms with E-state index in [0.29, 0.717) is 5.82 Å². The normalized spacial score (nSPS) is 12.6. The van der Waals surface area contributed by atoms with Gasteiger partial charge in [-0.3, -0.25) is 4.68 Å². The van der Waals surface area contributed by atoms with Gasteiger partial charge in [-0.25, -0.2) is 4.79 Å². The van der Waals surface area contributed by atoms with E-state index in [1.807, 2.05) is 20.8 Å². The molecule has 5 nitrogen and oxygen atoms in total. The molecule has 0 bridgehead atoms. The molecule has 90 valence electrons. The van der Waals surface area contributed by atoms with Gasteiger partial charge in [0, 0.05) is 6.20 Å². The Morgan fingerprint density at radius 2 is 1.94 bits per heavy atom. The Hall–Kier alpha value is -1.52. The summed E-state index contributed by atoms with van der Waals surface area (Å²) in [6.45, 7) is 8.98. The molecule has 0 amide bonds. The van der Waals surface area contributed by atoms with Gasteiger partial charge >= 0.3 is 5.97 Å². The number of ether oxygens (including phenoxy) is 1. The highest BCUT2D eigenvalue weighted by molar-refractivity contribution is 5.78. The van der Waals surface area contributed by atoms with Crippen molar-refractivity contribution in [3.63, 3.8) is 0 Å². The van der Waals surface area contributed by atoms with Crippen LogP contribution in [0.2, 0.25) is 0 Å². The lowest BCUT2D eigenvalue weighted by Gasteiger charge is -2.28. The quantitative estimate of drug-likeness (QED) is 0.775. The van der Waals surface area contributed by atoms with Crippen LogP contribution in [0.15, 0.2) is 12.3 Å². The van der Waals surface area contributed by atoms with Gasteiger partial charge in [-0.1, -0.05) is 0 Å². The summed E-state index contributed by atoms with van der Waals surface area (Å²) < 4.78 is 6.84. The fraction of sp³-hybridized carbons (Fsp3) is 0.636. The zero-order valence-electron chi connectivity index (χ0n) is 10.4. The summed E-state index contributed by atoms with van der Waals surface area (Å²) in [5.41, 5.74) is 4.16. The van der Waals surface area contributed by atoms with E-state index < -0.39 is 11.1 Å². The Labute approximate surface area is 95.6 Å². The molecular weight excluding hydrogens is 206 g/mol. The predicted molar refractivity (Wildman–Crippen MR) is 61.8 cm³/mol. The summed E-state index contributed by atoms with van der Waals surface area (Å²) in [5.74, 6) is 0.0553. The minimum Gasteiger partial charge on any atom is -0.458 e. The molecule has 0 atom stereocenters. The van der Waals surface area contributed by atoms with Crippen LogP contribution in [0, 0.1) is 0 Å². The topological polar surface area (TPSA) is 70.1 Å². The maximum absolute atomic E-state index is 12.0. The first-order valence-corrected chi connectivity index (χ1v) is 5.18. The Kier molecular flexibility index (Phi) is 2.99. The summed E-state index contributed by atoms with van der Waals surface area (Å²) in [4.78, 5) is 12.0. The first-order valence-electron chi connectivity index (χ1n) is 5.18.